The van der Waals surface area contributed by atoms with E-state index in [1.807, 2.05) is 27.7 Å². The highest BCUT2D eigenvalue weighted by atomic mass is 16.5. The largest absolute Gasteiger partial charge is 0.490 e. The molecule has 0 saturated heterocycles. The molecule has 1 aromatic rings. The molecule has 9 heteroatoms. The van der Waals surface area contributed by atoms with Gasteiger partial charge < -0.3 is 35.0 Å². The van der Waals surface area contributed by atoms with Crippen LogP contribution in [0.1, 0.15) is 96.3 Å². The third kappa shape index (κ3) is 10.7. The topological polar surface area (TPSA) is 103 Å². The van der Waals surface area contributed by atoms with Crippen LogP contribution in [-0.2, 0) is 4.74 Å². The van der Waals surface area contributed by atoms with Crippen molar-refractivity contribution < 1.29 is 24.2 Å². The number of nitrogens with one attached hydrogen (secondary N) is 2. The van der Waals surface area contributed by atoms with E-state index in [2.05, 4.69) is 29.5 Å². The number of likely N-dealkylation sites (N-methyl/N-ethyl adjacent to an activating group) is 1. The van der Waals surface area contributed by atoms with Crippen molar-refractivity contribution in [3.63, 3.8) is 0 Å². The van der Waals surface area contributed by atoms with E-state index in [-0.39, 0.29) is 42.7 Å². The molecule has 0 bridgehead atoms. The number of carbonyl (C=O) groups is 2. The predicted molar refractivity (Wildman–Crippen MR) is 168 cm³/mol. The van der Waals surface area contributed by atoms with E-state index < -0.39 is 6.04 Å². The van der Waals surface area contributed by atoms with Crippen molar-refractivity contribution in [1.82, 2.24) is 15.1 Å². The van der Waals surface area contributed by atoms with Crippen LogP contribution in [0.3, 0.4) is 0 Å². The van der Waals surface area contributed by atoms with Gasteiger partial charge in [-0.3, -0.25) is 4.79 Å². The van der Waals surface area contributed by atoms with Gasteiger partial charge in [0.15, 0.2) is 0 Å². The second-order valence-electron chi connectivity index (χ2n) is 13.0. The van der Waals surface area contributed by atoms with Gasteiger partial charge in [0.2, 0.25) is 0 Å². The Labute approximate surface area is 253 Å². The molecular formula is C33H56N4O5. The average Bonchev–Trinajstić information content (AvgIpc) is 2.94. The van der Waals surface area contributed by atoms with Gasteiger partial charge in [0.05, 0.1) is 30.4 Å². The number of fused-ring (bicyclic) bond motifs is 1. The molecule has 0 radical (unpaired) electrons. The molecule has 1 aromatic carbocycles. The Balaban J connectivity index is 1.87. The molecule has 9 nitrogen and oxygen atoms in total. The molecule has 0 unspecified atom stereocenters. The predicted octanol–water partition coefficient (Wildman–Crippen LogP) is 5.52. The maximum Gasteiger partial charge on any atom is 0.319 e. The van der Waals surface area contributed by atoms with Crippen molar-refractivity contribution in [3.8, 4) is 5.75 Å². The number of hydrogen-bond acceptors (Lipinski definition) is 6. The molecule has 238 valence electrons. The number of nitrogens with zero attached hydrogens (tertiary/aromatic N) is 2. The standard InChI is InChI=1S/C33H56N4O5/c1-23(2)34-33(40)35-28-15-16-30-29(18-28)32(39)37(25(4)22-38)19-24(3)31(41-17-11-10-12-26(5)42-30)21-36(6)20-27-13-8-7-9-14-27/h15-16,18,23-27,31,38H,7-14,17,19-22H2,1-6H3,(H2,34,35,40)/t24-,25+,26-,31+/m1/s1. The van der Waals surface area contributed by atoms with Crippen molar-refractivity contribution in [2.45, 2.75) is 110 Å². The molecule has 4 atom stereocenters. The summed E-state index contributed by atoms with van der Waals surface area (Å²) in [5, 5.41) is 15.8. The Morgan fingerprint density at radius 3 is 2.48 bits per heavy atom. The Hall–Kier alpha value is -2.36. The van der Waals surface area contributed by atoms with Gasteiger partial charge in [0, 0.05) is 43.9 Å². The van der Waals surface area contributed by atoms with Gasteiger partial charge >= 0.3 is 6.03 Å². The molecule has 0 spiro atoms. The monoisotopic (exact) mass is 588 g/mol. The fraction of sp³-hybridized carbons (Fsp3) is 0.758. The van der Waals surface area contributed by atoms with Gasteiger partial charge in [-0.2, -0.15) is 0 Å². The van der Waals surface area contributed by atoms with Crippen molar-refractivity contribution in [1.29, 1.82) is 0 Å². The second-order valence-corrected chi connectivity index (χ2v) is 13.0. The minimum Gasteiger partial charge on any atom is -0.490 e. The molecule has 3 amide bonds. The first-order valence-electron chi connectivity index (χ1n) is 16.2. The summed E-state index contributed by atoms with van der Waals surface area (Å²) in [5.41, 5.74) is 0.883. The molecule has 1 aliphatic carbocycles. The van der Waals surface area contributed by atoms with E-state index in [0.717, 1.165) is 38.3 Å². The number of hydrogen-bond donors (Lipinski definition) is 3. The van der Waals surface area contributed by atoms with Crippen LogP contribution in [0, 0.1) is 11.8 Å². The van der Waals surface area contributed by atoms with E-state index in [0.29, 0.717) is 30.2 Å². The van der Waals surface area contributed by atoms with Crippen LogP contribution in [0.4, 0.5) is 10.5 Å². The normalized spacial score (nSPS) is 24.1. The van der Waals surface area contributed by atoms with E-state index >= 15 is 0 Å². The summed E-state index contributed by atoms with van der Waals surface area (Å²) in [5.74, 6) is 1.04. The van der Waals surface area contributed by atoms with Gasteiger partial charge in [-0.25, -0.2) is 4.79 Å². The molecule has 42 heavy (non-hydrogen) atoms. The van der Waals surface area contributed by atoms with Crippen molar-refractivity contribution in [2.24, 2.45) is 11.8 Å². The van der Waals surface area contributed by atoms with E-state index in [1.165, 1.54) is 32.1 Å². The summed E-state index contributed by atoms with van der Waals surface area (Å²) in [6, 6.07) is 4.45. The zero-order valence-corrected chi connectivity index (χ0v) is 26.9. The quantitative estimate of drug-likeness (QED) is 0.369. The molecule has 1 fully saturated rings. The molecule has 3 rings (SSSR count). The lowest BCUT2D eigenvalue weighted by Crippen LogP contribution is -2.47. The molecule has 3 N–H and O–H groups in total. The van der Waals surface area contributed by atoms with Crippen molar-refractivity contribution in [2.75, 3.05) is 45.2 Å². The SMILES string of the molecule is CC(C)NC(=O)Nc1ccc2c(c1)C(=O)N([C@@H](C)CO)C[C@@H](C)[C@H](CN(C)CC1CCCCC1)OCCCC[C@@H](C)O2. The molecular weight excluding hydrogens is 532 g/mol. The highest BCUT2D eigenvalue weighted by molar-refractivity contribution is 5.99. The summed E-state index contributed by atoms with van der Waals surface area (Å²) in [6.45, 7) is 12.6. The minimum absolute atomic E-state index is 0.0209. The fourth-order valence-electron chi connectivity index (χ4n) is 6.08. The zero-order chi connectivity index (χ0) is 30.6. The third-order valence-corrected chi connectivity index (χ3v) is 8.52. The number of carbonyl (C=O) groups excluding carboxylic acids is 2. The number of amides is 3. The number of benzene rings is 1. The molecule has 1 aliphatic heterocycles. The smallest absolute Gasteiger partial charge is 0.319 e. The number of anilines is 1. The second kappa shape index (κ2) is 17.1. The van der Waals surface area contributed by atoms with E-state index in [9.17, 15) is 14.7 Å². The van der Waals surface area contributed by atoms with Crippen LogP contribution in [0.2, 0.25) is 0 Å². The summed E-state index contributed by atoms with van der Waals surface area (Å²) in [6.07, 6.45) is 9.23. The van der Waals surface area contributed by atoms with Crippen LogP contribution < -0.4 is 15.4 Å². The number of ether oxygens (including phenoxy) is 2. The first-order chi connectivity index (χ1) is 20.1. The Kier molecular flexibility index (Phi) is 13.9. The number of aliphatic hydroxyl groups excluding tert-OH is 1. The van der Waals surface area contributed by atoms with Gasteiger partial charge in [0.25, 0.3) is 5.91 Å². The lowest BCUT2D eigenvalue weighted by Gasteiger charge is -2.36. The van der Waals surface area contributed by atoms with E-state index in [4.69, 9.17) is 9.47 Å². The highest BCUT2D eigenvalue weighted by Crippen LogP contribution is 2.29. The summed E-state index contributed by atoms with van der Waals surface area (Å²) in [4.78, 5) is 30.8. The molecule has 2 aliphatic rings. The van der Waals surface area contributed by atoms with Crippen LogP contribution in [0.15, 0.2) is 18.2 Å². The summed E-state index contributed by atoms with van der Waals surface area (Å²) >= 11 is 0. The van der Waals surface area contributed by atoms with Crippen molar-refractivity contribution >= 4 is 17.6 Å². The Bertz CT molecular complexity index is 983. The molecule has 1 saturated carbocycles. The number of aliphatic hydroxyl groups is 1. The first kappa shape index (κ1) is 34.1. The van der Waals surface area contributed by atoms with Crippen LogP contribution >= 0.6 is 0 Å². The maximum absolute atomic E-state index is 14.2. The van der Waals surface area contributed by atoms with Crippen molar-refractivity contribution in [3.05, 3.63) is 23.8 Å². The average molecular weight is 589 g/mol. The van der Waals surface area contributed by atoms with Gasteiger partial charge in [-0.05, 0) is 91.0 Å². The maximum atomic E-state index is 14.2. The first-order valence-corrected chi connectivity index (χ1v) is 16.2. The van der Waals surface area contributed by atoms with Gasteiger partial charge in [0.1, 0.15) is 5.75 Å². The number of urea groups is 1. The summed E-state index contributed by atoms with van der Waals surface area (Å²) < 4.78 is 12.8. The highest BCUT2D eigenvalue weighted by Gasteiger charge is 2.31. The zero-order valence-electron chi connectivity index (χ0n) is 26.9. The van der Waals surface area contributed by atoms with Gasteiger partial charge in [-0.15, -0.1) is 0 Å². The summed E-state index contributed by atoms with van der Waals surface area (Å²) in [7, 11) is 2.19. The van der Waals surface area contributed by atoms with Crippen LogP contribution in [-0.4, -0.2) is 91.0 Å². The van der Waals surface area contributed by atoms with Crippen LogP contribution in [0.5, 0.6) is 5.75 Å². The van der Waals surface area contributed by atoms with Gasteiger partial charge in [-0.1, -0.05) is 26.2 Å². The lowest BCUT2D eigenvalue weighted by atomic mass is 9.89. The van der Waals surface area contributed by atoms with E-state index in [1.54, 1.807) is 23.1 Å². The Morgan fingerprint density at radius 2 is 1.79 bits per heavy atom. The minimum atomic E-state index is -0.403. The van der Waals surface area contributed by atoms with Crippen LogP contribution in [0.25, 0.3) is 0 Å². The third-order valence-electron chi connectivity index (χ3n) is 8.52. The number of rotatable bonds is 8. The fourth-order valence-corrected chi connectivity index (χ4v) is 6.08. The Morgan fingerprint density at radius 1 is 1.07 bits per heavy atom. The lowest BCUT2D eigenvalue weighted by molar-refractivity contribution is -0.0190. The molecule has 0 aromatic heterocycles. The molecule has 1 heterocycles.